The second-order valence-electron chi connectivity index (χ2n) is 4.31. The van der Waals surface area contributed by atoms with Gasteiger partial charge in [-0.05, 0) is 47.1 Å². The summed E-state index contributed by atoms with van der Waals surface area (Å²) >= 11 is 3.18. The maximum atomic E-state index is 12.1. The highest BCUT2D eigenvalue weighted by atomic mass is 79.9. The molecule has 1 atom stereocenters. The van der Waals surface area contributed by atoms with Crippen molar-refractivity contribution >= 4 is 27.7 Å². The summed E-state index contributed by atoms with van der Waals surface area (Å²) in [5, 5.41) is 10.4. The number of hydrogen-bond donors (Lipinski definition) is 1. The first-order valence-corrected chi connectivity index (χ1v) is 6.95. The highest BCUT2D eigenvalue weighted by Gasteiger charge is 2.39. The quantitative estimate of drug-likeness (QED) is 0.866. The number of hydrogen-bond acceptors (Lipinski definition) is 4. The van der Waals surface area contributed by atoms with Crippen LogP contribution in [0.5, 0.6) is 5.75 Å². The summed E-state index contributed by atoms with van der Waals surface area (Å²) in [4.78, 5) is 16.7. The molecule has 0 saturated carbocycles. The molecule has 0 saturated heterocycles. The van der Waals surface area contributed by atoms with E-state index in [1.54, 1.807) is 6.92 Å². The second-order valence-corrected chi connectivity index (χ2v) is 5.17. The van der Waals surface area contributed by atoms with E-state index in [-0.39, 0.29) is 11.5 Å². The third-order valence-corrected chi connectivity index (χ3v) is 3.64. The smallest absolute Gasteiger partial charge is 0.480 e. The van der Waals surface area contributed by atoms with Crippen molar-refractivity contribution in [2.75, 3.05) is 6.54 Å². The first-order chi connectivity index (χ1) is 10.2. The zero-order valence-corrected chi connectivity index (χ0v) is 12.8. The van der Waals surface area contributed by atoms with Crippen molar-refractivity contribution in [3.63, 3.8) is 0 Å². The maximum absolute atomic E-state index is 12.1. The van der Waals surface area contributed by atoms with Gasteiger partial charge in [0.15, 0.2) is 11.8 Å². The van der Waals surface area contributed by atoms with Gasteiger partial charge in [-0.2, -0.15) is 0 Å². The zero-order chi connectivity index (χ0) is 16.5. The molecule has 120 valence electrons. The molecular weight excluding hydrogens is 371 g/mol. The first-order valence-electron chi connectivity index (χ1n) is 6.16. The van der Waals surface area contributed by atoms with E-state index in [1.165, 1.54) is 17.2 Å². The number of ether oxygens (including phenoxy) is 1. The Morgan fingerprint density at radius 3 is 2.41 bits per heavy atom. The Morgan fingerprint density at radius 2 is 2.00 bits per heavy atom. The van der Waals surface area contributed by atoms with Crippen LogP contribution in [0.1, 0.15) is 12.5 Å². The van der Waals surface area contributed by atoms with Gasteiger partial charge in [-0.25, -0.2) is 4.79 Å². The van der Waals surface area contributed by atoms with Gasteiger partial charge in [0.25, 0.3) is 0 Å². The summed E-state index contributed by atoms with van der Waals surface area (Å²) in [5.74, 6) is -1.22. The fourth-order valence-electron chi connectivity index (χ4n) is 1.94. The van der Waals surface area contributed by atoms with Crippen molar-refractivity contribution in [1.29, 1.82) is 0 Å². The van der Waals surface area contributed by atoms with Gasteiger partial charge in [0.05, 0.1) is 4.48 Å². The molecule has 0 spiro atoms. The van der Waals surface area contributed by atoms with Crippen molar-refractivity contribution in [3.05, 3.63) is 34.3 Å². The molecule has 0 aromatic heterocycles. The van der Waals surface area contributed by atoms with Crippen LogP contribution in [-0.4, -0.2) is 35.1 Å². The van der Waals surface area contributed by atoms with Crippen LogP contribution < -0.4 is 4.74 Å². The molecule has 9 heteroatoms. The Hall–Kier alpha value is -1.74. The standard InChI is InChI=1S/C13H11BrF3NO4/c1-2-18-10(12(19)20)9(14)11(22-18)7-3-5-8(6-4-7)21-13(15,16)17/h3-6,10H,2H2,1H3,(H,19,20). The Labute approximate surface area is 132 Å². The monoisotopic (exact) mass is 381 g/mol. The molecule has 0 bridgehead atoms. The fraction of sp³-hybridized carbons (Fsp3) is 0.308. The minimum atomic E-state index is -4.77. The topological polar surface area (TPSA) is 59.0 Å². The van der Waals surface area contributed by atoms with E-state index in [9.17, 15) is 23.1 Å². The maximum Gasteiger partial charge on any atom is 0.573 e. The lowest BCUT2D eigenvalue weighted by atomic mass is 10.1. The number of hydroxylamine groups is 2. The SMILES string of the molecule is CCN1OC(c2ccc(OC(F)(F)F)cc2)=C(Br)C1C(=O)O. The average molecular weight is 382 g/mol. The number of carboxylic acid groups (broad SMARTS) is 1. The molecule has 0 radical (unpaired) electrons. The van der Waals surface area contributed by atoms with Crippen molar-refractivity contribution in [3.8, 4) is 5.75 Å². The average Bonchev–Trinajstić information content (AvgIpc) is 2.75. The van der Waals surface area contributed by atoms with Crippen LogP contribution in [0.25, 0.3) is 5.76 Å². The van der Waals surface area contributed by atoms with Crippen LogP contribution >= 0.6 is 15.9 Å². The molecule has 1 aliphatic heterocycles. The van der Waals surface area contributed by atoms with E-state index in [0.29, 0.717) is 16.6 Å². The largest absolute Gasteiger partial charge is 0.573 e. The molecule has 5 nitrogen and oxygen atoms in total. The van der Waals surface area contributed by atoms with Crippen LogP contribution in [0.15, 0.2) is 28.7 Å². The molecule has 0 amide bonds. The molecular formula is C13H11BrF3NO4. The summed E-state index contributed by atoms with van der Waals surface area (Å²) < 4.78 is 40.4. The molecule has 22 heavy (non-hydrogen) atoms. The minimum absolute atomic E-state index is 0.243. The van der Waals surface area contributed by atoms with Gasteiger partial charge in [0.2, 0.25) is 0 Å². The number of carbonyl (C=O) groups is 1. The van der Waals surface area contributed by atoms with Crippen LogP contribution in [-0.2, 0) is 9.63 Å². The minimum Gasteiger partial charge on any atom is -0.480 e. The molecule has 1 aromatic carbocycles. The summed E-state index contributed by atoms with van der Waals surface area (Å²) in [7, 11) is 0. The van der Waals surface area contributed by atoms with Gasteiger partial charge >= 0.3 is 12.3 Å². The molecule has 1 N–H and O–H groups in total. The van der Waals surface area contributed by atoms with Gasteiger partial charge in [-0.1, -0.05) is 0 Å². The Kier molecular flexibility index (Phi) is 4.66. The number of aliphatic carboxylic acids is 1. The predicted molar refractivity (Wildman–Crippen MR) is 73.9 cm³/mol. The molecule has 0 fully saturated rings. The Bertz CT molecular complexity index is 600. The summed E-state index contributed by atoms with van der Waals surface area (Å²) in [5.41, 5.74) is 0.434. The van der Waals surface area contributed by atoms with Gasteiger partial charge in [0.1, 0.15) is 5.75 Å². The van der Waals surface area contributed by atoms with E-state index in [0.717, 1.165) is 12.1 Å². The van der Waals surface area contributed by atoms with Crippen LogP contribution in [0.4, 0.5) is 13.2 Å². The summed E-state index contributed by atoms with van der Waals surface area (Å²) in [6.45, 7) is 2.05. The van der Waals surface area contributed by atoms with E-state index in [1.807, 2.05) is 0 Å². The van der Waals surface area contributed by atoms with Crippen molar-refractivity contribution < 1.29 is 32.6 Å². The third-order valence-electron chi connectivity index (χ3n) is 2.85. The van der Waals surface area contributed by atoms with Crippen LogP contribution in [0, 0.1) is 0 Å². The predicted octanol–water partition coefficient (Wildman–Crippen LogP) is 3.37. The highest BCUT2D eigenvalue weighted by molar-refractivity contribution is 9.12. The number of rotatable bonds is 4. The number of halogens is 4. The van der Waals surface area contributed by atoms with Crippen LogP contribution in [0.3, 0.4) is 0 Å². The normalized spacial score (nSPS) is 19.2. The van der Waals surface area contributed by atoms with Gasteiger partial charge in [-0.3, -0.25) is 0 Å². The van der Waals surface area contributed by atoms with Gasteiger partial charge in [0, 0.05) is 12.1 Å². The van der Waals surface area contributed by atoms with Crippen molar-refractivity contribution in [2.24, 2.45) is 0 Å². The van der Waals surface area contributed by atoms with Gasteiger partial charge in [-0.15, -0.1) is 18.2 Å². The highest BCUT2D eigenvalue weighted by Crippen LogP contribution is 2.37. The zero-order valence-electron chi connectivity index (χ0n) is 11.2. The molecule has 1 heterocycles. The van der Waals surface area contributed by atoms with Gasteiger partial charge < -0.3 is 14.7 Å². The first kappa shape index (κ1) is 16.6. The Balaban J connectivity index is 2.26. The summed E-state index contributed by atoms with van der Waals surface area (Å²) in [6.07, 6.45) is -4.77. The number of carboxylic acids is 1. The number of nitrogens with zero attached hydrogens (tertiary/aromatic N) is 1. The van der Waals surface area contributed by atoms with E-state index in [2.05, 4.69) is 20.7 Å². The second kappa shape index (κ2) is 6.17. The van der Waals surface area contributed by atoms with Crippen molar-refractivity contribution in [2.45, 2.75) is 19.3 Å². The molecule has 1 aliphatic rings. The molecule has 1 aromatic rings. The number of alkyl halides is 3. The fourth-order valence-corrected chi connectivity index (χ4v) is 2.67. The Morgan fingerprint density at radius 1 is 1.41 bits per heavy atom. The van der Waals surface area contributed by atoms with Crippen LogP contribution in [0.2, 0.25) is 0 Å². The number of benzene rings is 1. The third kappa shape index (κ3) is 3.53. The molecule has 1 unspecified atom stereocenters. The van der Waals surface area contributed by atoms with E-state index >= 15 is 0 Å². The van der Waals surface area contributed by atoms with Crippen molar-refractivity contribution in [1.82, 2.24) is 5.06 Å². The molecule has 0 aliphatic carbocycles. The lowest BCUT2D eigenvalue weighted by molar-refractivity contribution is -0.274. The number of likely N-dealkylation sites (N-methyl/N-ethyl adjacent to an activating group) is 1. The lowest BCUT2D eigenvalue weighted by Crippen LogP contribution is -2.36. The molecule has 2 rings (SSSR count). The summed E-state index contributed by atoms with van der Waals surface area (Å²) in [6, 6.07) is 3.98. The lowest BCUT2D eigenvalue weighted by Gasteiger charge is -2.18. The van der Waals surface area contributed by atoms with E-state index < -0.39 is 18.4 Å². The van der Waals surface area contributed by atoms with E-state index in [4.69, 9.17) is 4.84 Å².